The number of sulfonamides is 1. The molecule has 1 atom stereocenters. The van der Waals surface area contributed by atoms with Crippen molar-refractivity contribution in [1.82, 2.24) is 0 Å². The van der Waals surface area contributed by atoms with Gasteiger partial charge < -0.3 is 10.2 Å². The fraction of sp³-hybridized carbons (Fsp3) is 0.333. The van der Waals surface area contributed by atoms with E-state index in [1.807, 2.05) is 24.3 Å². The molecule has 2 aliphatic rings. The lowest BCUT2D eigenvalue weighted by molar-refractivity contribution is -0.119. The maximum absolute atomic E-state index is 12.6. The van der Waals surface area contributed by atoms with E-state index in [-0.39, 0.29) is 22.0 Å². The van der Waals surface area contributed by atoms with E-state index >= 15 is 0 Å². The maximum Gasteiger partial charge on any atom is 0.257 e. The fourth-order valence-corrected chi connectivity index (χ4v) is 5.90. The third-order valence-corrected chi connectivity index (χ3v) is 7.57. The Morgan fingerprint density at radius 2 is 1.70 bits per heavy atom. The van der Waals surface area contributed by atoms with Crippen LogP contribution in [-0.2, 0) is 14.8 Å². The SMILES string of the molecule is CC1CS(=O)(=O)N(c2ccc(C(=O)Nc3ccc(N4CCCC4)cc3)c(Cl)c2)C1=O. The second kappa shape index (κ2) is 7.92. The molecule has 158 valence electrons. The molecule has 1 N–H and O–H groups in total. The summed E-state index contributed by atoms with van der Waals surface area (Å²) in [5.74, 6) is -1.76. The van der Waals surface area contributed by atoms with Gasteiger partial charge in [-0.25, -0.2) is 12.7 Å². The molecule has 2 heterocycles. The molecule has 2 aliphatic heterocycles. The van der Waals surface area contributed by atoms with Gasteiger partial charge in [-0.1, -0.05) is 18.5 Å². The average Bonchev–Trinajstić information content (AvgIpc) is 3.29. The topological polar surface area (TPSA) is 86.8 Å². The molecule has 2 aromatic rings. The first kappa shape index (κ1) is 20.7. The van der Waals surface area contributed by atoms with Gasteiger partial charge in [-0.05, 0) is 55.3 Å². The molecule has 30 heavy (non-hydrogen) atoms. The first-order valence-electron chi connectivity index (χ1n) is 9.79. The van der Waals surface area contributed by atoms with Crippen molar-refractivity contribution in [2.45, 2.75) is 19.8 Å². The van der Waals surface area contributed by atoms with Crippen LogP contribution in [0.25, 0.3) is 0 Å². The zero-order valence-electron chi connectivity index (χ0n) is 16.5. The summed E-state index contributed by atoms with van der Waals surface area (Å²) in [7, 11) is -3.73. The van der Waals surface area contributed by atoms with Crippen molar-refractivity contribution < 1.29 is 18.0 Å². The van der Waals surface area contributed by atoms with Crippen LogP contribution in [0.2, 0.25) is 5.02 Å². The Labute approximate surface area is 180 Å². The Morgan fingerprint density at radius 1 is 1.07 bits per heavy atom. The molecular formula is C21H22ClN3O4S. The molecule has 2 amide bonds. The summed E-state index contributed by atoms with van der Waals surface area (Å²) in [6.07, 6.45) is 2.38. The number of hydrogen-bond donors (Lipinski definition) is 1. The van der Waals surface area contributed by atoms with Gasteiger partial charge in [-0.2, -0.15) is 0 Å². The molecule has 0 spiro atoms. The van der Waals surface area contributed by atoms with Gasteiger partial charge in [-0.3, -0.25) is 9.59 Å². The predicted octanol–water partition coefficient (Wildman–Crippen LogP) is 3.51. The first-order chi connectivity index (χ1) is 14.3. The van der Waals surface area contributed by atoms with Crippen LogP contribution in [0.15, 0.2) is 42.5 Å². The minimum absolute atomic E-state index is 0.0706. The highest BCUT2D eigenvalue weighted by Gasteiger charge is 2.42. The molecule has 9 heteroatoms. The van der Waals surface area contributed by atoms with E-state index < -0.39 is 27.8 Å². The van der Waals surface area contributed by atoms with Gasteiger partial charge in [0.15, 0.2) is 0 Å². The minimum atomic E-state index is -3.73. The van der Waals surface area contributed by atoms with E-state index in [4.69, 9.17) is 11.6 Å². The molecule has 4 rings (SSSR count). The van der Waals surface area contributed by atoms with Crippen LogP contribution < -0.4 is 14.5 Å². The second-order valence-corrected chi connectivity index (χ2v) is 9.91. The average molecular weight is 448 g/mol. The summed E-state index contributed by atoms with van der Waals surface area (Å²) in [4.78, 5) is 27.2. The molecule has 2 saturated heterocycles. The number of nitrogens with one attached hydrogen (secondary N) is 1. The largest absolute Gasteiger partial charge is 0.372 e. The Kier molecular flexibility index (Phi) is 5.46. The smallest absolute Gasteiger partial charge is 0.257 e. The summed E-state index contributed by atoms with van der Waals surface area (Å²) >= 11 is 6.26. The lowest BCUT2D eigenvalue weighted by Gasteiger charge is -2.18. The number of carbonyl (C=O) groups excluding carboxylic acids is 2. The van der Waals surface area contributed by atoms with Crippen LogP contribution in [0.4, 0.5) is 17.1 Å². The van der Waals surface area contributed by atoms with Crippen molar-refractivity contribution in [3.8, 4) is 0 Å². The van der Waals surface area contributed by atoms with Crippen LogP contribution in [0, 0.1) is 5.92 Å². The number of amides is 2. The molecule has 7 nitrogen and oxygen atoms in total. The van der Waals surface area contributed by atoms with Crippen molar-refractivity contribution in [1.29, 1.82) is 0 Å². The van der Waals surface area contributed by atoms with Crippen molar-refractivity contribution >= 4 is 50.5 Å². The van der Waals surface area contributed by atoms with E-state index in [0.717, 1.165) is 23.1 Å². The van der Waals surface area contributed by atoms with Gasteiger partial charge in [0.2, 0.25) is 15.9 Å². The van der Waals surface area contributed by atoms with Crippen LogP contribution in [0.3, 0.4) is 0 Å². The summed E-state index contributed by atoms with van der Waals surface area (Å²) in [5, 5.41) is 2.87. The fourth-order valence-electron chi connectivity index (χ4n) is 3.83. The van der Waals surface area contributed by atoms with Gasteiger partial charge >= 0.3 is 0 Å². The van der Waals surface area contributed by atoms with Crippen LogP contribution in [0.5, 0.6) is 0 Å². The Morgan fingerprint density at radius 3 is 2.27 bits per heavy atom. The van der Waals surface area contributed by atoms with E-state index in [9.17, 15) is 18.0 Å². The lowest BCUT2D eigenvalue weighted by Crippen LogP contribution is -2.30. The number of carbonyl (C=O) groups is 2. The highest BCUT2D eigenvalue weighted by molar-refractivity contribution is 7.94. The molecule has 0 saturated carbocycles. The zero-order chi connectivity index (χ0) is 21.5. The first-order valence-corrected chi connectivity index (χ1v) is 11.8. The zero-order valence-corrected chi connectivity index (χ0v) is 18.0. The van der Waals surface area contributed by atoms with Crippen LogP contribution in [0.1, 0.15) is 30.1 Å². The van der Waals surface area contributed by atoms with E-state index in [1.165, 1.54) is 31.0 Å². The Bertz CT molecular complexity index is 1100. The Hall–Kier alpha value is -2.58. The number of rotatable bonds is 4. The maximum atomic E-state index is 12.6. The highest BCUT2D eigenvalue weighted by Crippen LogP contribution is 2.32. The van der Waals surface area contributed by atoms with E-state index in [0.29, 0.717) is 5.69 Å². The van der Waals surface area contributed by atoms with Gasteiger partial charge in [0, 0.05) is 24.5 Å². The van der Waals surface area contributed by atoms with E-state index in [1.54, 1.807) is 6.92 Å². The molecular weight excluding hydrogens is 426 g/mol. The number of halogens is 1. The summed E-state index contributed by atoms with van der Waals surface area (Å²) in [6.45, 7) is 3.65. The predicted molar refractivity (Wildman–Crippen MR) is 118 cm³/mol. The van der Waals surface area contributed by atoms with Crippen molar-refractivity contribution in [3.05, 3.63) is 53.1 Å². The second-order valence-electron chi connectivity index (χ2n) is 7.64. The van der Waals surface area contributed by atoms with Gasteiger partial charge in [0.25, 0.3) is 5.91 Å². The monoisotopic (exact) mass is 447 g/mol. The molecule has 0 bridgehead atoms. The quantitative estimate of drug-likeness (QED) is 0.775. The van der Waals surface area contributed by atoms with Crippen LogP contribution >= 0.6 is 11.6 Å². The third-order valence-electron chi connectivity index (χ3n) is 5.39. The van der Waals surface area contributed by atoms with Crippen molar-refractivity contribution in [3.63, 3.8) is 0 Å². The van der Waals surface area contributed by atoms with E-state index in [2.05, 4.69) is 10.2 Å². The number of hydrogen-bond acceptors (Lipinski definition) is 5. The highest BCUT2D eigenvalue weighted by atomic mass is 35.5. The third kappa shape index (κ3) is 3.89. The number of anilines is 3. The molecule has 2 aromatic carbocycles. The van der Waals surface area contributed by atoms with Gasteiger partial charge in [0.05, 0.1) is 27.9 Å². The van der Waals surface area contributed by atoms with Crippen molar-refractivity contribution in [2.24, 2.45) is 5.92 Å². The molecule has 0 radical (unpaired) electrons. The molecule has 2 fully saturated rings. The summed E-state index contributed by atoms with van der Waals surface area (Å²) < 4.78 is 25.3. The normalized spacial score (nSPS) is 20.6. The van der Waals surface area contributed by atoms with Crippen LogP contribution in [-0.4, -0.2) is 39.1 Å². The minimum Gasteiger partial charge on any atom is -0.372 e. The lowest BCUT2D eigenvalue weighted by atomic mass is 10.1. The molecule has 0 aromatic heterocycles. The standard InChI is InChI=1S/C21H22ClN3O4S/c1-14-13-30(28,29)25(21(14)27)17-8-9-18(19(22)12-17)20(26)23-15-4-6-16(7-5-15)24-10-2-3-11-24/h4-9,12,14H,2-3,10-11,13H2,1H3,(H,23,26). The summed E-state index contributed by atoms with van der Waals surface area (Å²) in [5.41, 5.74) is 2.09. The molecule has 0 aliphatic carbocycles. The Balaban J connectivity index is 1.50. The molecule has 1 unspecified atom stereocenters. The number of nitrogens with zero attached hydrogens (tertiary/aromatic N) is 2. The van der Waals surface area contributed by atoms with Crippen molar-refractivity contribution in [2.75, 3.05) is 33.4 Å². The number of benzene rings is 2. The van der Waals surface area contributed by atoms with Gasteiger partial charge in [-0.15, -0.1) is 0 Å². The van der Waals surface area contributed by atoms with Gasteiger partial charge in [0.1, 0.15) is 0 Å². The summed E-state index contributed by atoms with van der Waals surface area (Å²) in [6, 6.07) is 11.8.